The molecule has 1 fully saturated rings. The van der Waals surface area contributed by atoms with Crippen LogP contribution in [0.15, 0.2) is 88.4 Å². The van der Waals surface area contributed by atoms with Gasteiger partial charge < -0.3 is 14.6 Å². The molecule has 0 bridgehead atoms. The summed E-state index contributed by atoms with van der Waals surface area (Å²) in [7, 11) is 1.64. The lowest BCUT2D eigenvalue weighted by molar-refractivity contribution is 0.0689. The summed E-state index contributed by atoms with van der Waals surface area (Å²) in [4.78, 5) is 39.6. The number of thioether (sulfide) groups is 1. The maximum Gasteiger partial charge on any atom is 0.326 e. The molecule has 0 atom stereocenters. The number of carbonyl (C=O) groups is 1. The highest BCUT2D eigenvalue weighted by atomic mass is 32.2. The van der Waals surface area contributed by atoms with E-state index in [9.17, 15) is 9.59 Å². The quantitative estimate of drug-likeness (QED) is 0.229. The second-order valence-corrected chi connectivity index (χ2v) is 12.2. The Morgan fingerprint density at radius 1 is 1.05 bits per heavy atom. The molecule has 0 aliphatic carbocycles. The lowest BCUT2D eigenvalue weighted by Gasteiger charge is -2.32. The fourth-order valence-electron chi connectivity index (χ4n) is 5.61. The van der Waals surface area contributed by atoms with E-state index >= 15 is 0 Å². The van der Waals surface area contributed by atoms with Gasteiger partial charge in [-0.3, -0.25) is 18.9 Å². The number of piperidine rings is 1. The average molecular weight is 625 g/mol. The van der Waals surface area contributed by atoms with E-state index in [2.05, 4.69) is 25.1 Å². The van der Waals surface area contributed by atoms with Crippen LogP contribution in [0.5, 0.6) is 5.75 Å². The van der Waals surface area contributed by atoms with Crippen molar-refractivity contribution in [3.63, 3.8) is 0 Å². The summed E-state index contributed by atoms with van der Waals surface area (Å²) in [6.45, 7) is 1.13. The molecule has 0 radical (unpaired) electrons. The van der Waals surface area contributed by atoms with E-state index in [1.807, 2.05) is 80.1 Å². The molecule has 13 heteroatoms. The van der Waals surface area contributed by atoms with Gasteiger partial charge >= 0.3 is 5.69 Å². The first-order valence-electron chi connectivity index (χ1n) is 14.2. The van der Waals surface area contributed by atoms with E-state index in [1.54, 1.807) is 19.5 Å². The van der Waals surface area contributed by atoms with Gasteiger partial charge in [-0.15, -0.1) is 21.5 Å². The summed E-state index contributed by atoms with van der Waals surface area (Å²) in [6, 6.07) is 19.3. The molecule has 0 spiro atoms. The zero-order chi connectivity index (χ0) is 30.0. The zero-order valence-corrected chi connectivity index (χ0v) is 25.4. The summed E-state index contributed by atoms with van der Waals surface area (Å²) in [5.74, 6) is 1.81. The van der Waals surface area contributed by atoms with Gasteiger partial charge in [0, 0.05) is 42.5 Å². The number of aromatic nitrogens is 7. The fourth-order valence-corrected chi connectivity index (χ4v) is 7.34. The molecule has 6 aromatic rings. The highest BCUT2D eigenvalue weighted by molar-refractivity contribution is 7.98. The van der Waals surface area contributed by atoms with Crippen molar-refractivity contribution in [2.24, 2.45) is 0 Å². The lowest BCUT2D eigenvalue weighted by Crippen LogP contribution is -2.40. The summed E-state index contributed by atoms with van der Waals surface area (Å²) in [5.41, 5.74) is 3.77. The lowest BCUT2D eigenvalue weighted by atomic mass is 10.0. The maximum atomic E-state index is 13.4. The van der Waals surface area contributed by atoms with Gasteiger partial charge in [0.2, 0.25) is 0 Å². The van der Waals surface area contributed by atoms with E-state index in [-0.39, 0.29) is 17.6 Å². The van der Waals surface area contributed by atoms with Crippen LogP contribution in [-0.4, -0.2) is 65.3 Å². The number of hydrogen-bond donors (Lipinski definition) is 1. The van der Waals surface area contributed by atoms with Crippen LogP contribution in [0.25, 0.3) is 28.1 Å². The number of rotatable bonds is 8. The minimum Gasteiger partial charge on any atom is -0.495 e. The summed E-state index contributed by atoms with van der Waals surface area (Å²) >= 11 is 2.95. The number of imidazole rings is 1. The highest BCUT2D eigenvalue weighted by Gasteiger charge is 2.28. The third-order valence-corrected chi connectivity index (χ3v) is 9.71. The number of hydrogen-bond acceptors (Lipinski definition) is 9. The number of carbonyl (C=O) groups excluding carboxylic acids is 1. The number of ether oxygens (including phenoxy) is 1. The second kappa shape index (κ2) is 12.1. The molecule has 1 saturated heterocycles. The Morgan fingerprint density at radius 3 is 2.64 bits per heavy atom. The van der Waals surface area contributed by atoms with E-state index in [0.29, 0.717) is 54.1 Å². The minimum absolute atomic E-state index is 0.0442. The number of thiazole rings is 1. The summed E-state index contributed by atoms with van der Waals surface area (Å²) in [6.07, 6.45) is 4.86. The predicted octanol–water partition coefficient (Wildman–Crippen LogP) is 5.21. The van der Waals surface area contributed by atoms with E-state index in [4.69, 9.17) is 4.74 Å². The molecule has 4 aromatic heterocycles. The van der Waals surface area contributed by atoms with Crippen LogP contribution in [0.3, 0.4) is 0 Å². The van der Waals surface area contributed by atoms with Crippen molar-refractivity contribution in [3.05, 3.63) is 99.6 Å². The Labute approximate surface area is 260 Å². The van der Waals surface area contributed by atoms with E-state index in [0.717, 1.165) is 27.3 Å². The van der Waals surface area contributed by atoms with Gasteiger partial charge in [0.05, 0.1) is 29.6 Å². The average Bonchev–Trinajstić information content (AvgIpc) is 3.80. The number of aromatic amines is 1. The van der Waals surface area contributed by atoms with Gasteiger partial charge in [0.1, 0.15) is 16.5 Å². The monoisotopic (exact) mass is 624 g/mol. The van der Waals surface area contributed by atoms with Gasteiger partial charge in [-0.1, -0.05) is 36.0 Å². The number of fused-ring (bicyclic) bond motifs is 1. The number of nitrogens with one attached hydrogen (secondary N) is 1. The van der Waals surface area contributed by atoms with Crippen molar-refractivity contribution in [1.29, 1.82) is 0 Å². The van der Waals surface area contributed by atoms with Crippen molar-refractivity contribution in [1.82, 2.24) is 39.2 Å². The third kappa shape index (κ3) is 5.28. The number of benzene rings is 2. The van der Waals surface area contributed by atoms with Crippen molar-refractivity contribution in [2.75, 3.05) is 20.2 Å². The van der Waals surface area contributed by atoms with Crippen LogP contribution in [0.4, 0.5) is 0 Å². The molecule has 1 amide bonds. The number of pyridine rings is 1. The Balaban J connectivity index is 1.05. The Kier molecular flexibility index (Phi) is 7.71. The molecule has 44 heavy (non-hydrogen) atoms. The number of likely N-dealkylation sites (tertiary alicyclic amines) is 1. The van der Waals surface area contributed by atoms with Crippen molar-refractivity contribution in [2.45, 2.75) is 29.8 Å². The Hall–Kier alpha value is -4.75. The second-order valence-electron chi connectivity index (χ2n) is 10.3. The third-order valence-electron chi connectivity index (χ3n) is 7.73. The molecule has 1 N–H and O–H groups in total. The molecular formula is C31H28N8O3S2. The van der Waals surface area contributed by atoms with Gasteiger partial charge in [-0.25, -0.2) is 9.78 Å². The van der Waals surface area contributed by atoms with E-state index < -0.39 is 0 Å². The van der Waals surface area contributed by atoms with Crippen LogP contribution < -0.4 is 10.4 Å². The van der Waals surface area contributed by atoms with Crippen LogP contribution >= 0.6 is 23.1 Å². The first-order valence-corrected chi connectivity index (χ1v) is 16.0. The van der Waals surface area contributed by atoms with Crippen molar-refractivity contribution < 1.29 is 9.53 Å². The van der Waals surface area contributed by atoms with Crippen molar-refractivity contribution >= 4 is 40.0 Å². The highest BCUT2D eigenvalue weighted by Crippen LogP contribution is 2.34. The summed E-state index contributed by atoms with van der Waals surface area (Å²) < 4.78 is 9.46. The van der Waals surface area contributed by atoms with Gasteiger partial charge in [-0.2, -0.15) is 0 Å². The molecular weight excluding hydrogens is 597 g/mol. The number of amides is 1. The number of para-hydroxylation sites is 4. The topological polar surface area (TPSA) is 124 Å². The van der Waals surface area contributed by atoms with Crippen LogP contribution in [-0.2, 0) is 5.75 Å². The predicted molar refractivity (Wildman–Crippen MR) is 170 cm³/mol. The standard InChI is InChI=1S/C31H28N8O3S2/c1-42-26-9-5-4-8-25(26)39-28(20-10-14-32-15-11-20)35-36-31(39)44-19-27-33-23(18-43-27)29(40)37-16-12-21(13-17-37)38-24-7-3-2-6-22(24)34-30(38)41/h2-11,14-15,18,21H,12-13,16-17,19H2,1H3,(H,34,41). The number of H-pyrrole nitrogens is 1. The number of nitrogens with zero attached hydrogens (tertiary/aromatic N) is 7. The molecule has 222 valence electrons. The molecule has 1 aliphatic rings. The normalized spacial score (nSPS) is 13.9. The molecule has 11 nitrogen and oxygen atoms in total. The largest absolute Gasteiger partial charge is 0.495 e. The molecule has 1 aliphatic heterocycles. The zero-order valence-electron chi connectivity index (χ0n) is 23.8. The van der Waals surface area contributed by atoms with Crippen LogP contribution in [0.2, 0.25) is 0 Å². The molecule has 0 saturated carbocycles. The first-order chi connectivity index (χ1) is 21.6. The van der Waals surface area contributed by atoms with Crippen LogP contribution in [0, 0.1) is 0 Å². The first kappa shape index (κ1) is 28.0. The van der Waals surface area contributed by atoms with Crippen molar-refractivity contribution in [3.8, 4) is 22.8 Å². The molecule has 7 rings (SSSR count). The molecule has 5 heterocycles. The molecule has 0 unspecified atom stereocenters. The Morgan fingerprint density at radius 2 is 1.82 bits per heavy atom. The SMILES string of the molecule is COc1ccccc1-n1c(SCc2nc(C(=O)N3CCC(n4c(=O)[nH]c5ccccc54)CC3)cs2)nnc1-c1ccncc1. The summed E-state index contributed by atoms with van der Waals surface area (Å²) in [5, 5.41) is 12.3. The fraction of sp³-hybridized carbons (Fsp3) is 0.226. The maximum absolute atomic E-state index is 13.4. The van der Waals surface area contributed by atoms with E-state index in [1.165, 1.54) is 23.1 Å². The number of methoxy groups -OCH3 is 1. The molecule has 2 aromatic carbocycles. The Bertz CT molecular complexity index is 1990. The minimum atomic E-state index is -0.105. The van der Waals surface area contributed by atoms with Gasteiger partial charge in [0.25, 0.3) is 5.91 Å². The van der Waals surface area contributed by atoms with Gasteiger partial charge in [-0.05, 0) is 49.2 Å². The van der Waals surface area contributed by atoms with Crippen LogP contribution in [0.1, 0.15) is 34.4 Å². The smallest absolute Gasteiger partial charge is 0.326 e. The van der Waals surface area contributed by atoms with Gasteiger partial charge in [0.15, 0.2) is 11.0 Å².